The zero-order valence-electron chi connectivity index (χ0n) is 10.2. The lowest BCUT2D eigenvalue weighted by Gasteiger charge is -2.04. The van der Waals surface area contributed by atoms with Gasteiger partial charge in [0.25, 0.3) is 10.0 Å². The van der Waals surface area contributed by atoms with Crippen LogP contribution in [0.4, 0.5) is 0 Å². The van der Waals surface area contributed by atoms with Gasteiger partial charge in [-0.05, 0) is 18.7 Å². The van der Waals surface area contributed by atoms with Gasteiger partial charge in [-0.2, -0.15) is 0 Å². The second-order valence-corrected chi connectivity index (χ2v) is 5.06. The van der Waals surface area contributed by atoms with Gasteiger partial charge in [0.2, 0.25) is 10.9 Å². The minimum absolute atomic E-state index is 0.149. The molecule has 0 unspecified atom stereocenters. The Morgan fingerprint density at radius 2 is 2.11 bits per heavy atom. The molecule has 8 heteroatoms. The molecule has 0 atom stereocenters. The third-order valence-corrected chi connectivity index (χ3v) is 3.41. The first kappa shape index (κ1) is 14.7. The molecule has 0 bridgehead atoms. The number of rotatable bonds is 7. The van der Waals surface area contributed by atoms with E-state index in [1.165, 1.54) is 19.2 Å². The fourth-order valence-corrected chi connectivity index (χ4v) is 2.16. The van der Waals surface area contributed by atoms with Crippen LogP contribution in [0.25, 0.3) is 0 Å². The van der Waals surface area contributed by atoms with Crippen molar-refractivity contribution < 1.29 is 22.4 Å². The van der Waals surface area contributed by atoms with Gasteiger partial charge in [-0.15, -0.1) is 0 Å². The molecule has 102 valence electrons. The van der Waals surface area contributed by atoms with Crippen molar-refractivity contribution in [1.29, 1.82) is 0 Å². The molecule has 0 aromatic carbocycles. The molecule has 1 rings (SSSR count). The summed E-state index contributed by atoms with van der Waals surface area (Å²) in [7, 11) is -2.54. The van der Waals surface area contributed by atoms with Crippen LogP contribution in [0.2, 0.25) is 0 Å². The monoisotopic (exact) mass is 276 g/mol. The fourth-order valence-electron chi connectivity index (χ4n) is 1.20. The van der Waals surface area contributed by atoms with Crippen LogP contribution in [0.1, 0.15) is 17.5 Å². The Morgan fingerprint density at radius 3 is 2.72 bits per heavy atom. The predicted molar refractivity (Wildman–Crippen MR) is 63.8 cm³/mol. The first-order chi connectivity index (χ1) is 8.51. The number of carbonyl (C=O) groups is 1. The number of furan rings is 1. The van der Waals surface area contributed by atoms with E-state index in [0.29, 0.717) is 6.54 Å². The van der Waals surface area contributed by atoms with Crippen molar-refractivity contribution in [1.82, 2.24) is 10.0 Å². The van der Waals surface area contributed by atoms with Crippen molar-refractivity contribution in [3.05, 3.63) is 17.9 Å². The van der Waals surface area contributed by atoms with E-state index in [4.69, 9.17) is 4.42 Å². The summed E-state index contributed by atoms with van der Waals surface area (Å²) >= 11 is 0. The highest BCUT2D eigenvalue weighted by Crippen LogP contribution is 2.14. The van der Waals surface area contributed by atoms with Gasteiger partial charge in [0, 0.05) is 13.1 Å². The number of ether oxygens (including phenoxy) is 1. The van der Waals surface area contributed by atoms with Crippen LogP contribution in [0.3, 0.4) is 0 Å². The minimum Gasteiger partial charge on any atom is -0.463 e. The van der Waals surface area contributed by atoms with Crippen LogP contribution in [-0.4, -0.2) is 41.1 Å². The molecular weight excluding hydrogens is 260 g/mol. The quantitative estimate of drug-likeness (QED) is 0.535. The summed E-state index contributed by atoms with van der Waals surface area (Å²) in [4.78, 5) is 11.1. The van der Waals surface area contributed by atoms with Crippen molar-refractivity contribution in [2.75, 3.05) is 26.7 Å². The molecule has 0 radical (unpaired) electrons. The Kier molecular flexibility index (Phi) is 5.32. The van der Waals surface area contributed by atoms with Gasteiger partial charge in [0.1, 0.15) is 0 Å². The molecule has 1 heterocycles. The van der Waals surface area contributed by atoms with E-state index < -0.39 is 16.0 Å². The van der Waals surface area contributed by atoms with E-state index in [-0.39, 0.29) is 17.4 Å². The lowest BCUT2D eigenvalue weighted by atomic mass is 10.5. The lowest BCUT2D eigenvalue weighted by Crippen LogP contribution is -2.31. The highest BCUT2D eigenvalue weighted by atomic mass is 32.2. The molecule has 0 spiro atoms. The van der Waals surface area contributed by atoms with Gasteiger partial charge in [0.15, 0.2) is 0 Å². The van der Waals surface area contributed by atoms with Gasteiger partial charge in [-0.25, -0.2) is 17.9 Å². The SMILES string of the molecule is CCNCCNS(=O)(=O)c1ccc(C(=O)OC)o1. The van der Waals surface area contributed by atoms with Gasteiger partial charge in [-0.1, -0.05) is 6.92 Å². The topological polar surface area (TPSA) is 97.6 Å². The molecule has 0 saturated heterocycles. The van der Waals surface area contributed by atoms with Crippen LogP contribution >= 0.6 is 0 Å². The van der Waals surface area contributed by atoms with Crippen molar-refractivity contribution >= 4 is 16.0 Å². The smallest absolute Gasteiger partial charge is 0.374 e. The maximum Gasteiger partial charge on any atom is 0.374 e. The highest BCUT2D eigenvalue weighted by Gasteiger charge is 2.20. The molecule has 0 aliphatic heterocycles. The third-order valence-electron chi connectivity index (χ3n) is 2.08. The molecule has 0 saturated carbocycles. The second kappa shape index (κ2) is 6.53. The molecular formula is C10H16N2O5S. The van der Waals surface area contributed by atoms with E-state index >= 15 is 0 Å². The van der Waals surface area contributed by atoms with Crippen LogP contribution in [0, 0.1) is 0 Å². The van der Waals surface area contributed by atoms with Gasteiger partial charge in [-0.3, -0.25) is 0 Å². The van der Waals surface area contributed by atoms with E-state index in [1.807, 2.05) is 6.92 Å². The van der Waals surface area contributed by atoms with E-state index in [9.17, 15) is 13.2 Å². The number of likely N-dealkylation sites (N-methyl/N-ethyl adjacent to an activating group) is 1. The van der Waals surface area contributed by atoms with Crippen LogP contribution in [0.15, 0.2) is 21.6 Å². The first-order valence-corrected chi connectivity index (χ1v) is 6.88. The molecule has 7 nitrogen and oxygen atoms in total. The number of hydrogen-bond acceptors (Lipinski definition) is 6. The van der Waals surface area contributed by atoms with E-state index in [1.54, 1.807) is 0 Å². The van der Waals surface area contributed by atoms with Crippen molar-refractivity contribution in [2.24, 2.45) is 0 Å². The van der Waals surface area contributed by atoms with Gasteiger partial charge in [0.05, 0.1) is 7.11 Å². The van der Waals surface area contributed by atoms with Crippen LogP contribution < -0.4 is 10.0 Å². The zero-order valence-corrected chi connectivity index (χ0v) is 11.0. The molecule has 0 aliphatic rings. The molecule has 1 aromatic rings. The Balaban J connectivity index is 2.67. The first-order valence-electron chi connectivity index (χ1n) is 5.39. The van der Waals surface area contributed by atoms with Crippen molar-refractivity contribution in [3.8, 4) is 0 Å². The largest absolute Gasteiger partial charge is 0.463 e. The molecule has 18 heavy (non-hydrogen) atoms. The Hall–Kier alpha value is -1.38. The summed E-state index contributed by atoms with van der Waals surface area (Å²) < 4.78 is 35.1. The Bertz CT molecular complexity index is 494. The molecule has 0 fully saturated rings. The number of methoxy groups -OCH3 is 1. The minimum atomic E-state index is -3.73. The van der Waals surface area contributed by atoms with Crippen molar-refractivity contribution in [2.45, 2.75) is 12.0 Å². The summed E-state index contributed by atoms with van der Waals surface area (Å²) in [5.74, 6) is -0.867. The lowest BCUT2D eigenvalue weighted by molar-refractivity contribution is 0.0559. The third kappa shape index (κ3) is 3.83. The summed E-state index contributed by atoms with van der Waals surface area (Å²) in [6.07, 6.45) is 0. The molecule has 2 N–H and O–H groups in total. The van der Waals surface area contributed by atoms with Crippen LogP contribution in [0.5, 0.6) is 0 Å². The van der Waals surface area contributed by atoms with Gasteiger partial charge < -0.3 is 14.5 Å². The average Bonchev–Trinajstić information content (AvgIpc) is 2.84. The normalized spacial score (nSPS) is 11.4. The molecule has 1 aromatic heterocycles. The fraction of sp³-hybridized carbons (Fsp3) is 0.500. The summed E-state index contributed by atoms with van der Waals surface area (Å²) in [5, 5.41) is 2.67. The summed E-state index contributed by atoms with van der Waals surface area (Å²) in [6, 6.07) is 2.46. The van der Waals surface area contributed by atoms with E-state index in [0.717, 1.165) is 6.54 Å². The van der Waals surface area contributed by atoms with Crippen molar-refractivity contribution in [3.63, 3.8) is 0 Å². The number of nitrogens with one attached hydrogen (secondary N) is 2. The zero-order chi connectivity index (χ0) is 13.6. The molecule has 0 aliphatic carbocycles. The maximum atomic E-state index is 11.7. The van der Waals surface area contributed by atoms with Crippen LogP contribution in [-0.2, 0) is 14.8 Å². The maximum absolute atomic E-state index is 11.7. The van der Waals surface area contributed by atoms with Gasteiger partial charge >= 0.3 is 5.97 Å². The number of carbonyl (C=O) groups excluding carboxylic acids is 1. The Morgan fingerprint density at radius 1 is 1.39 bits per heavy atom. The summed E-state index contributed by atoms with van der Waals surface area (Å²) in [5.41, 5.74) is 0. The number of sulfonamides is 1. The average molecular weight is 276 g/mol. The van der Waals surface area contributed by atoms with E-state index in [2.05, 4.69) is 14.8 Å². The molecule has 0 amide bonds. The highest BCUT2D eigenvalue weighted by molar-refractivity contribution is 7.89. The standard InChI is InChI=1S/C10H16N2O5S/c1-3-11-6-7-12-18(14,15)9-5-4-8(17-9)10(13)16-2/h4-5,11-12H,3,6-7H2,1-2H3. The summed E-state index contributed by atoms with van der Waals surface area (Å²) in [6.45, 7) is 3.43. The second-order valence-electron chi connectivity index (χ2n) is 3.36. The number of esters is 1. The Labute approximate surface area is 106 Å². The number of hydrogen-bond donors (Lipinski definition) is 2. The predicted octanol–water partition coefficient (Wildman–Crippen LogP) is -0.0460.